The molecule has 1 rings (SSSR count). The summed E-state index contributed by atoms with van der Waals surface area (Å²) in [5.41, 5.74) is 1.25. The van der Waals surface area contributed by atoms with Gasteiger partial charge in [0.25, 0.3) is 0 Å². The van der Waals surface area contributed by atoms with E-state index in [0.717, 1.165) is 11.4 Å². The molecule has 0 spiro atoms. The first-order valence-electron chi connectivity index (χ1n) is 6.61. The van der Waals surface area contributed by atoms with Crippen molar-refractivity contribution in [3.05, 3.63) is 34.9 Å². The van der Waals surface area contributed by atoms with Crippen molar-refractivity contribution in [2.75, 3.05) is 0 Å². The van der Waals surface area contributed by atoms with Crippen LogP contribution in [0.1, 0.15) is 51.0 Å². The number of hydrogen-bond donors (Lipinski definition) is 0. The van der Waals surface area contributed by atoms with Crippen LogP contribution in [0.15, 0.2) is 24.3 Å². The summed E-state index contributed by atoms with van der Waals surface area (Å²) in [6, 6.07) is 8.13. The molecule has 0 aliphatic carbocycles. The first-order chi connectivity index (χ1) is 8.24. The fourth-order valence-corrected chi connectivity index (χ4v) is 2.86. The van der Waals surface area contributed by atoms with E-state index in [1.165, 1.54) is 44.1 Å². The molecule has 0 amide bonds. The maximum atomic E-state index is 6.15. The van der Waals surface area contributed by atoms with E-state index >= 15 is 0 Å². The summed E-state index contributed by atoms with van der Waals surface area (Å²) in [6.45, 7) is 2.25. The minimum Gasteiger partial charge on any atom is -0.0887 e. The fourth-order valence-electron chi connectivity index (χ4n) is 1.97. The van der Waals surface area contributed by atoms with Crippen LogP contribution in [0, 0.1) is 0 Å². The quantitative estimate of drug-likeness (QED) is 0.407. The molecular weight excluding hydrogens is 296 g/mol. The Morgan fingerprint density at radius 3 is 2.53 bits per heavy atom. The highest BCUT2D eigenvalue weighted by atomic mass is 79.9. The van der Waals surface area contributed by atoms with Crippen molar-refractivity contribution < 1.29 is 0 Å². The van der Waals surface area contributed by atoms with E-state index in [1.54, 1.807) is 0 Å². The molecule has 1 aromatic rings. The normalized spacial score (nSPS) is 12.6. The lowest BCUT2D eigenvalue weighted by Crippen LogP contribution is -2.03. The summed E-state index contributed by atoms with van der Waals surface area (Å²) >= 11 is 9.91. The van der Waals surface area contributed by atoms with Crippen molar-refractivity contribution in [1.29, 1.82) is 0 Å². The average Bonchev–Trinajstić information content (AvgIpc) is 2.32. The topological polar surface area (TPSA) is 0 Å². The second-order valence-electron chi connectivity index (χ2n) is 4.60. The largest absolute Gasteiger partial charge is 0.0887 e. The van der Waals surface area contributed by atoms with Crippen LogP contribution in [0.5, 0.6) is 0 Å². The number of hydrogen-bond acceptors (Lipinski definition) is 0. The van der Waals surface area contributed by atoms with Crippen molar-refractivity contribution in [2.45, 2.75) is 56.7 Å². The summed E-state index contributed by atoms with van der Waals surface area (Å²) in [5.74, 6) is 0. The molecular formula is C15H22BrCl. The Labute approximate surface area is 119 Å². The standard InChI is InChI=1S/C15H22BrCl/c1-2-3-4-5-6-10-14(16)12-13-9-7-8-11-15(13)17/h7-9,11,14H,2-6,10,12H2,1H3. The van der Waals surface area contributed by atoms with Crippen LogP contribution in [0.2, 0.25) is 5.02 Å². The summed E-state index contributed by atoms with van der Waals surface area (Å²) in [4.78, 5) is 0.559. The molecule has 0 aromatic heterocycles. The summed E-state index contributed by atoms with van der Waals surface area (Å²) in [7, 11) is 0. The van der Waals surface area contributed by atoms with Crippen molar-refractivity contribution in [2.24, 2.45) is 0 Å². The maximum absolute atomic E-state index is 6.15. The van der Waals surface area contributed by atoms with Crippen molar-refractivity contribution in [1.82, 2.24) is 0 Å². The third-order valence-corrected chi connectivity index (χ3v) is 4.17. The van der Waals surface area contributed by atoms with E-state index in [1.807, 2.05) is 12.1 Å². The minimum atomic E-state index is 0.559. The number of benzene rings is 1. The van der Waals surface area contributed by atoms with Gasteiger partial charge in [-0.25, -0.2) is 0 Å². The van der Waals surface area contributed by atoms with Crippen LogP contribution >= 0.6 is 27.5 Å². The van der Waals surface area contributed by atoms with Crippen molar-refractivity contribution in [3.8, 4) is 0 Å². The predicted octanol–water partition coefficient (Wildman–Crippen LogP) is 6.01. The molecule has 0 heterocycles. The van der Waals surface area contributed by atoms with Gasteiger partial charge in [-0.1, -0.05) is 84.8 Å². The molecule has 1 atom stereocenters. The molecule has 0 aliphatic rings. The molecule has 1 unspecified atom stereocenters. The lowest BCUT2D eigenvalue weighted by molar-refractivity contribution is 0.598. The summed E-state index contributed by atoms with van der Waals surface area (Å²) < 4.78 is 0. The Hall–Kier alpha value is -0.0100. The molecule has 1 aromatic carbocycles. The molecule has 2 heteroatoms. The first-order valence-corrected chi connectivity index (χ1v) is 7.91. The van der Waals surface area contributed by atoms with E-state index in [2.05, 4.69) is 35.0 Å². The lowest BCUT2D eigenvalue weighted by atomic mass is 10.0. The predicted molar refractivity (Wildman–Crippen MR) is 81.2 cm³/mol. The molecule has 0 radical (unpaired) electrons. The molecule has 17 heavy (non-hydrogen) atoms. The molecule has 0 N–H and O–H groups in total. The summed E-state index contributed by atoms with van der Waals surface area (Å²) in [5, 5.41) is 0.892. The molecule has 0 fully saturated rings. The fraction of sp³-hybridized carbons (Fsp3) is 0.600. The maximum Gasteiger partial charge on any atom is 0.0438 e. The number of halogens is 2. The zero-order valence-electron chi connectivity index (χ0n) is 10.6. The second kappa shape index (κ2) is 8.99. The Morgan fingerprint density at radius 1 is 1.12 bits per heavy atom. The monoisotopic (exact) mass is 316 g/mol. The van der Waals surface area contributed by atoms with Gasteiger partial charge in [0.2, 0.25) is 0 Å². The van der Waals surface area contributed by atoms with Gasteiger partial charge < -0.3 is 0 Å². The van der Waals surface area contributed by atoms with Gasteiger partial charge in [-0.15, -0.1) is 0 Å². The van der Waals surface area contributed by atoms with Crippen molar-refractivity contribution in [3.63, 3.8) is 0 Å². The highest BCUT2D eigenvalue weighted by molar-refractivity contribution is 9.09. The van der Waals surface area contributed by atoms with Gasteiger partial charge in [-0.05, 0) is 24.5 Å². The van der Waals surface area contributed by atoms with Crippen LogP contribution in [0.25, 0.3) is 0 Å². The highest BCUT2D eigenvalue weighted by Crippen LogP contribution is 2.22. The van der Waals surface area contributed by atoms with Crippen LogP contribution in [0.3, 0.4) is 0 Å². The van der Waals surface area contributed by atoms with E-state index in [0.29, 0.717) is 4.83 Å². The van der Waals surface area contributed by atoms with E-state index in [9.17, 15) is 0 Å². The average molecular weight is 318 g/mol. The first kappa shape index (κ1) is 15.0. The Kier molecular flexibility index (Phi) is 7.96. The molecule has 0 saturated carbocycles. The molecule has 0 bridgehead atoms. The minimum absolute atomic E-state index is 0.559. The van der Waals surface area contributed by atoms with Crippen LogP contribution in [0.4, 0.5) is 0 Å². The van der Waals surface area contributed by atoms with Gasteiger partial charge >= 0.3 is 0 Å². The number of rotatable bonds is 8. The van der Waals surface area contributed by atoms with Crippen LogP contribution in [-0.2, 0) is 6.42 Å². The second-order valence-corrected chi connectivity index (χ2v) is 6.30. The lowest BCUT2D eigenvalue weighted by Gasteiger charge is -2.10. The zero-order valence-corrected chi connectivity index (χ0v) is 12.9. The Morgan fingerprint density at radius 2 is 1.82 bits per heavy atom. The summed E-state index contributed by atoms with van der Waals surface area (Å²) in [6.07, 6.45) is 9.03. The smallest absolute Gasteiger partial charge is 0.0438 e. The highest BCUT2D eigenvalue weighted by Gasteiger charge is 2.07. The Bertz CT molecular complexity index is 312. The van der Waals surface area contributed by atoms with E-state index in [-0.39, 0.29) is 0 Å². The molecule has 0 saturated heterocycles. The zero-order chi connectivity index (χ0) is 12.5. The molecule has 0 aliphatic heterocycles. The third kappa shape index (κ3) is 6.47. The van der Waals surface area contributed by atoms with Gasteiger partial charge in [0.05, 0.1) is 0 Å². The van der Waals surface area contributed by atoms with E-state index < -0.39 is 0 Å². The van der Waals surface area contributed by atoms with Gasteiger partial charge in [-0.3, -0.25) is 0 Å². The van der Waals surface area contributed by atoms with Gasteiger partial charge in [0.15, 0.2) is 0 Å². The van der Waals surface area contributed by atoms with Gasteiger partial charge in [0.1, 0.15) is 0 Å². The van der Waals surface area contributed by atoms with Crippen LogP contribution < -0.4 is 0 Å². The van der Waals surface area contributed by atoms with Gasteiger partial charge in [-0.2, -0.15) is 0 Å². The van der Waals surface area contributed by atoms with Crippen LogP contribution in [-0.4, -0.2) is 4.83 Å². The van der Waals surface area contributed by atoms with Gasteiger partial charge in [0, 0.05) is 9.85 Å². The SMILES string of the molecule is CCCCCCCC(Br)Cc1ccccc1Cl. The third-order valence-electron chi connectivity index (χ3n) is 3.02. The number of alkyl halides is 1. The Balaban J connectivity index is 2.21. The van der Waals surface area contributed by atoms with Crippen molar-refractivity contribution >= 4 is 27.5 Å². The molecule has 96 valence electrons. The number of unbranched alkanes of at least 4 members (excludes halogenated alkanes) is 4. The molecule has 0 nitrogen and oxygen atoms in total. The van der Waals surface area contributed by atoms with E-state index in [4.69, 9.17) is 11.6 Å².